The molecule has 3 rings (SSSR count). The molecule has 2 aliphatic rings. The van der Waals surface area contributed by atoms with Gasteiger partial charge in [0.25, 0.3) is 0 Å². The first kappa shape index (κ1) is 20.5. The molecule has 1 aromatic rings. The Kier molecular flexibility index (Phi) is 7.54. The quantitative estimate of drug-likeness (QED) is 0.808. The summed E-state index contributed by atoms with van der Waals surface area (Å²) >= 11 is 0. The van der Waals surface area contributed by atoms with E-state index in [1.54, 1.807) is 11.8 Å². The van der Waals surface area contributed by atoms with Crippen LogP contribution in [0.2, 0.25) is 0 Å². The predicted molar refractivity (Wildman–Crippen MR) is 108 cm³/mol. The van der Waals surface area contributed by atoms with Gasteiger partial charge in [-0.1, -0.05) is 12.1 Å². The molecule has 0 aliphatic carbocycles. The first-order valence-electron chi connectivity index (χ1n) is 10.3. The topological polar surface area (TPSA) is 71.1 Å². The zero-order valence-corrected chi connectivity index (χ0v) is 16.7. The second-order valence-electron chi connectivity index (χ2n) is 7.29. The Balaban J connectivity index is 1.37. The second kappa shape index (κ2) is 10.3. The highest BCUT2D eigenvalue weighted by atomic mass is 16.6. The van der Waals surface area contributed by atoms with Gasteiger partial charge in [0.05, 0.1) is 19.8 Å². The van der Waals surface area contributed by atoms with Crippen LogP contribution < -0.4 is 10.2 Å². The summed E-state index contributed by atoms with van der Waals surface area (Å²) in [7, 11) is 0. The Morgan fingerprint density at radius 2 is 1.79 bits per heavy atom. The van der Waals surface area contributed by atoms with Crippen molar-refractivity contribution < 1.29 is 19.1 Å². The Hall–Kier alpha value is -2.28. The third-order valence-electron chi connectivity index (χ3n) is 5.34. The number of ether oxygens (including phenoxy) is 2. The lowest BCUT2D eigenvalue weighted by molar-refractivity contribution is -0.122. The van der Waals surface area contributed by atoms with Crippen LogP contribution >= 0.6 is 0 Å². The minimum absolute atomic E-state index is 0.0758. The van der Waals surface area contributed by atoms with E-state index in [4.69, 9.17) is 9.47 Å². The number of rotatable bonds is 6. The zero-order chi connectivity index (χ0) is 19.8. The molecule has 2 aliphatic heterocycles. The van der Waals surface area contributed by atoms with E-state index in [0.717, 1.165) is 45.6 Å². The van der Waals surface area contributed by atoms with Crippen molar-refractivity contribution in [3.05, 3.63) is 29.8 Å². The van der Waals surface area contributed by atoms with Gasteiger partial charge < -0.3 is 24.6 Å². The number of likely N-dealkylation sites (tertiary alicyclic amines) is 1. The lowest BCUT2D eigenvalue weighted by Gasteiger charge is -2.31. The Bertz CT molecular complexity index is 636. The molecule has 2 heterocycles. The van der Waals surface area contributed by atoms with Gasteiger partial charge in [0.2, 0.25) is 5.91 Å². The van der Waals surface area contributed by atoms with Gasteiger partial charge in [-0.2, -0.15) is 0 Å². The molecule has 1 N–H and O–H groups in total. The summed E-state index contributed by atoms with van der Waals surface area (Å²) in [6.45, 7) is 6.87. The first-order chi connectivity index (χ1) is 13.7. The number of carbonyl (C=O) groups excluding carboxylic acids is 2. The van der Waals surface area contributed by atoms with Crippen molar-refractivity contribution in [3.8, 4) is 0 Å². The SMILES string of the molecule is CCOC(=O)N1CCC(NC(=O)CCc2ccc(N3CCOCC3)cc2)CC1. The molecule has 0 radical (unpaired) electrons. The zero-order valence-electron chi connectivity index (χ0n) is 16.7. The summed E-state index contributed by atoms with van der Waals surface area (Å²) in [4.78, 5) is 28.0. The van der Waals surface area contributed by atoms with E-state index in [-0.39, 0.29) is 18.0 Å². The van der Waals surface area contributed by atoms with Gasteiger partial charge in [-0.3, -0.25) is 4.79 Å². The molecule has 0 unspecified atom stereocenters. The molecule has 2 fully saturated rings. The highest BCUT2D eigenvalue weighted by Gasteiger charge is 2.24. The summed E-state index contributed by atoms with van der Waals surface area (Å²) in [6, 6.07) is 8.61. The van der Waals surface area contributed by atoms with Crippen LogP contribution in [-0.2, 0) is 20.7 Å². The number of hydrogen-bond acceptors (Lipinski definition) is 5. The smallest absolute Gasteiger partial charge is 0.409 e. The monoisotopic (exact) mass is 389 g/mol. The number of morpholine rings is 1. The van der Waals surface area contributed by atoms with Gasteiger partial charge in [-0.15, -0.1) is 0 Å². The molecule has 0 spiro atoms. The van der Waals surface area contributed by atoms with Crippen molar-refractivity contribution in [2.75, 3.05) is 50.9 Å². The normalized spacial score (nSPS) is 18.0. The van der Waals surface area contributed by atoms with Crippen LogP contribution in [-0.4, -0.2) is 68.9 Å². The molecule has 0 atom stereocenters. The third kappa shape index (κ3) is 5.86. The fraction of sp³-hybridized carbons (Fsp3) is 0.619. The molecule has 7 heteroatoms. The molecule has 28 heavy (non-hydrogen) atoms. The van der Waals surface area contributed by atoms with Crippen LogP contribution in [0.5, 0.6) is 0 Å². The largest absolute Gasteiger partial charge is 0.450 e. The number of carbonyl (C=O) groups is 2. The molecule has 7 nitrogen and oxygen atoms in total. The highest BCUT2D eigenvalue weighted by molar-refractivity contribution is 5.76. The number of anilines is 1. The maximum atomic E-state index is 12.3. The maximum absolute atomic E-state index is 12.3. The van der Waals surface area contributed by atoms with Crippen molar-refractivity contribution in [1.29, 1.82) is 0 Å². The molecular formula is C21H31N3O4. The Labute approximate surface area is 167 Å². The predicted octanol–water partition coefficient (Wildman–Crippen LogP) is 2.19. The Morgan fingerprint density at radius 1 is 1.11 bits per heavy atom. The van der Waals surface area contributed by atoms with E-state index < -0.39 is 0 Å². The van der Waals surface area contributed by atoms with Gasteiger partial charge in [-0.05, 0) is 43.9 Å². The van der Waals surface area contributed by atoms with Crippen molar-refractivity contribution >= 4 is 17.7 Å². The maximum Gasteiger partial charge on any atom is 0.409 e. The van der Waals surface area contributed by atoms with E-state index in [1.165, 1.54) is 11.3 Å². The number of piperidine rings is 1. The lowest BCUT2D eigenvalue weighted by atomic mass is 10.0. The standard InChI is InChI=1S/C21H31N3O4/c1-2-28-21(26)24-11-9-18(10-12-24)22-20(25)8-5-17-3-6-19(7-4-17)23-13-15-27-16-14-23/h3-4,6-7,18H,2,5,8-16H2,1H3,(H,22,25). The molecule has 2 amide bonds. The van der Waals surface area contributed by atoms with Gasteiger partial charge in [0, 0.05) is 44.3 Å². The van der Waals surface area contributed by atoms with Gasteiger partial charge in [-0.25, -0.2) is 4.79 Å². The molecule has 0 saturated carbocycles. The molecule has 0 aromatic heterocycles. The molecule has 154 valence electrons. The van der Waals surface area contributed by atoms with Gasteiger partial charge in [0.1, 0.15) is 0 Å². The van der Waals surface area contributed by atoms with Crippen molar-refractivity contribution in [3.63, 3.8) is 0 Å². The van der Waals surface area contributed by atoms with Crippen LogP contribution in [0.25, 0.3) is 0 Å². The lowest BCUT2D eigenvalue weighted by Crippen LogP contribution is -2.46. The molecule has 2 saturated heterocycles. The highest BCUT2D eigenvalue weighted by Crippen LogP contribution is 2.17. The number of nitrogens with one attached hydrogen (secondary N) is 1. The fourth-order valence-corrected chi connectivity index (χ4v) is 3.67. The summed E-state index contributed by atoms with van der Waals surface area (Å²) in [5.74, 6) is 0.0758. The van der Waals surface area contributed by atoms with Crippen LogP contribution in [0.3, 0.4) is 0 Å². The summed E-state index contributed by atoms with van der Waals surface area (Å²) in [5.41, 5.74) is 2.38. The van der Waals surface area contributed by atoms with E-state index >= 15 is 0 Å². The number of nitrogens with zero attached hydrogens (tertiary/aromatic N) is 2. The van der Waals surface area contributed by atoms with Crippen molar-refractivity contribution in [2.24, 2.45) is 0 Å². The van der Waals surface area contributed by atoms with E-state index in [9.17, 15) is 9.59 Å². The molecule has 0 bridgehead atoms. The average Bonchev–Trinajstić information content (AvgIpc) is 2.74. The van der Waals surface area contributed by atoms with E-state index in [2.05, 4.69) is 34.5 Å². The second-order valence-corrected chi connectivity index (χ2v) is 7.29. The minimum Gasteiger partial charge on any atom is -0.450 e. The number of aryl methyl sites for hydroxylation is 1. The van der Waals surface area contributed by atoms with Gasteiger partial charge in [0.15, 0.2) is 0 Å². The fourth-order valence-electron chi connectivity index (χ4n) is 3.67. The van der Waals surface area contributed by atoms with Crippen LogP contribution in [0.15, 0.2) is 24.3 Å². The molecular weight excluding hydrogens is 358 g/mol. The summed E-state index contributed by atoms with van der Waals surface area (Å²) in [6.07, 6.45) is 2.51. The van der Waals surface area contributed by atoms with E-state index in [1.807, 2.05) is 0 Å². The Morgan fingerprint density at radius 3 is 2.43 bits per heavy atom. The summed E-state index contributed by atoms with van der Waals surface area (Å²) in [5, 5.41) is 3.10. The van der Waals surface area contributed by atoms with Crippen molar-refractivity contribution in [1.82, 2.24) is 10.2 Å². The van der Waals surface area contributed by atoms with Crippen LogP contribution in [0.4, 0.5) is 10.5 Å². The third-order valence-corrected chi connectivity index (χ3v) is 5.34. The molecule has 1 aromatic carbocycles. The summed E-state index contributed by atoms with van der Waals surface area (Å²) < 4.78 is 10.4. The average molecular weight is 389 g/mol. The number of hydrogen-bond donors (Lipinski definition) is 1. The first-order valence-corrected chi connectivity index (χ1v) is 10.3. The van der Waals surface area contributed by atoms with Crippen LogP contribution in [0.1, 0.15) is 31.7 Å². The van der Waals surface area contributed by atoms with Gasteiger partial charge >= 0.3 is 6.09 Å². The van der Waals surface area contributed by atoms with E-state index in [0.29, 0.717) is 26.1 Å². The minimum atomic E-state index is -0.257. The van der Waals surface area contributed by atoms with Crippen molar-refractivity contribution in [2.45, 2.75) is 38.6 Å². The number of benzene rings is 1. The number of amides is 2. The van der Waals surface area contributed by atoms with Crippen LogP contribution in [0, 0.1) is 0 Å².